The van der Waals surface area contributed by atoms with Crippen LogP contribution in [-0.2, 0) is 9.63 Å². The van der Waals surface area contributed by atoms with Gasteiger partial charge in [-0.3, -0.25) is 4.79 Å². The Morgan fingerprint density at radius 1 is 1.53 bits per heavy atom. The molecule has 2 N–H and O–H groups in total. The number of nitrogens with zero attached hydrogens (tertiary/aromatic N) is 3. The molecule has 0 saturated carbocycles. The first kappa shape index (κ1) is 13.6. The molecule has 0 amide bonds. The predicted molar refractivity (Wildman–Crippen MR) is 66.6 cm³/mol. The first-order valence-corrected chi connectivity index (χ1v) is 6.23. The lowest BCUT2D eigenvalue weighted by molar-refractivity contribution is 0.140. The number of hydrogen-bond donors (Lipinski definition) is 1. The Morgan fingerprint density at radius 2 is 2.35 bits per heavy atom. The van der Waals surface area contributed by atoms with Gasteiger partial charge in [-0.2, -0.15) is 9.36 Å². The van der Waals surface area contributed by atoms with Gasteiger partial charge in [-0.15, -0.1) is 0 Å². The number of unbranched alkanes of at least 4 members (excludes halogenated alkanes) is 3. The Bertz CT molecular complexity index is 378. The van der Waals surface area contributed by atoms with Crippen LogP contribution >= 0.6 is 11.5 Å². The molecule has 7 heteroatoms. The molecule has 0 unspecified atom stereocenters. The molecule has 1 aromatic heterocycles. The van der Waals surface area contributed by atoms with Crippen molar-refractivity contribution in [1.29, 1.82) is 0 Å². The van der Waals surface area contributed by atoms with E-state index in [4.69, 9.17) is 10.6 Å². The first-order valence-electron chi connectivity index (χ1n) is 5.45. The fraction of sp³-hybridized carbons (Fsp3) is 0.600. The van der Waals surface area contributed by atoms with Crippen molar-refractivity contribution in [2.75, 3.05) is 12.3 Å². The number of nitrogens with two attached hydrogens (primary N) is 1. The molecule has 1 rings (SSSR count). The maximum Gasteiger partial charge on any atom is 0.261 e. The van der Waals surface area contributed by atoms with E-state index in [0.717, 1.165) is 24.4 Å². The summed E-state index contributed by atoms with van der Waals surface area (Å²) in [7, 11) is 0. The number of oxime groups is 1. The van der Waals surface area contributed by atoms with Crippen molar-refractivity contribution in [3.05, 3.63) is 5.82 Å². The second kappa shape index (κ2) is 7.72. The Balaban J connectivity index is 2.37. The van der Waals surface area contributed by atoms with Crippen LogP contribution in [0.25, 0.3) is 0 Å². The minimum absolute atomic E-state index is 0.0477. The standard InChI is InChI=1S/C10H15N4O2S/c1-2-3-4-5-6-16-13-8(7-15)9-12-10(11)17-14-9/h2-6H2,1H3,(H2,11,12,14). The summed E-state index contributed by atoms with van der Waals surface area (Å²) in [5.41, 5.74) is 5.35. The maximum absolute atomic E-state index is 10.6. The summed E-state index contributed by atoms with van der Waals surface area (Å²) in [6, 6.07) is 0. The van der Waals surface area contributed by atoms with Gasteiger partial charge >= 0.3 is 0 Å². The highest BCUT2D eigenvalue weighted by Gasteiger charge is 2.10. The number of nitrogen functional groups attached to an aromatic ring is 1. The highest BCUT2D eigenvalue weighted by Crippen LogP contribution is 2.06. The van der Waals surface area contributed by atoms with Gasteiger partial charge in [-0.1, -0.05) is 24.9 Å². The van der Waals surface area contributed by atoms with Gasteiger partial charge in [0.25, 0.3) is 6.29 Å². The van der Waals surface area contributed by atoms with E-state index in [1.165, 1.54) is 12.8 Å². The minimum atomic E-state index is -0.0477. The molecule has 6 nitrogen and oxygen atoms in total. The van der Waals surface area contributed by atoms with Gasteiger partial charge in [0, 0.05) is 11.5 Å². The smallest absolute Gasteiger partial charge is 0.261 e. The van der Waals surface area contributed by atoms with E-state index in [1.807, 2.05) is 0 Å². The maximum atomic E-state index is 10.6. The van der Waals surface area contributed by atoms with E-state index < -0.39 is 0 Å². The van der Waals surface area contributed by atoms with E-state index in [-0.39, 0.29) is 16.7 Å². The van der Waals surface area contributed by atoms with Crippen molar-refractivity contribution in [3.8, 4) is 0 Å². The van der Waals surface area contributed by atoms with E-state index in [9.17, 15) is 4.79 Å². The molecule has 0 aliphatic rings. The van der Waals surface area contributed by atoms with Gasteiger partial charge in [0.2, 0.25) is 5.82 Å². The lowest BCUT2D eigenvalue weighted by atomic mass is 10.2. The van der Waals surface area contributed by atoms with E-state index >= 15 is 0 Å². The molecule has 0 aromatic carbocycles. The SMILES string of the molecule is CCCCCCON=C([C]=O)c1nsc(N)n1. The van der Waals surface area contributed by atoms with Gasteiger partial charge in [-0.25, -0.2) is 0 Å². The van der Waals surface area contributed by atoms with Gasteiger partial charge in [-0.05, 0) is 12.8 Å². The molecule has 1 radical (unpaired) electrons. The largest absolute Gasteiger partial charge is 0.395 e. The number of aromatic nitrogens is 2. The van der Waals surface area contributed by atoms with E-state index in [2.05, 4.69) is 21.4 Å². The average molecular weight is 255 g/mol. The lowest BCUT2D eigenvalue weighted by Crippen LogP contribution is -2.06. The van der Waals surface area contributed by atoms with Crippen LogP contribution in [0.3, 0.4) is 0 Å². The highest BCUT2D eigenvalue weighted by molar-refractivity contribution is 7.09. The zero-order valence-corrected chi connectivity index (χ0v) is 10.5. The van der Waals surface area contributed by atoms with Crippen LogP contribution < -0.4 is 5.73 Å². The molecule has 0 fully saturated rings. The zero-order chi connectivity index (χ0) is 12.5. The molecule has 0 aliphatic carbocycles. The van der Waals surface area contributed by atoms with Gasteiger partial charge in [0.05, 0.1) is 0 Å². The van der Waals surface area contributed by atoms with Crippen molar-refractivity contribution in [2.45, 2.75) is 32.6 Å². The summed E-state index contributed by atoms with van der Waals surface area (Å²) in [5, 5.41) is 3.93. The van der Waals surface area contributed by atoms with Crippen LogP contribution in [0.15, 0.2) is 5.16 Å². The normalized spacial score (nSPS) is 11.5. The Morgan fingerprint density at radius 3 is 2.94 bits per heavy atom. The van der Waals surface area contributed by atoms with Crippen LogP contribution in [-0.4, -0.2) is 28.0 Å². The highest BCUT2D eigenvalue weighted by atomic mass is 32.1. The second-order valence-corrected chi connectivity index (χ2v) is 4.18. The van der Waals surface area contributed by atoms with Crippen molar-refractivity contribution in [1.82, 2.24) is 9.36 Å². The Kier molecular flexibility index (Phi) is 6.16. The third kappa shape index (κ3) is 4.90. The number of hydrogen-bond acceptors (Lipinski definition) is 7. The molecule has 0 aliphatic heterocycles. The lowest BCUT2D eigenvalue weighted by Gasteiger charge is -1.98. The second-order valence-electron chi connectivity index (χ2n) is 3.39. The summed E-state index contributed by atoms with van der Waals surface area (Å²) in [4.78, 5) is 19.5. The van der Waals surface area contributed by atoms with Gasteiger partial charge in [0.1, 0.15) is 6.61 Å². The summed E-state index contributed by atoms with van der Waals surface area (Å²) < 4.78 is 3.85. The van der Waals surface area contributed by atoms with Crippen molar-refractivity contribution in [2.24, 2.45) is 5.16 Å². The molecule has 1 heterocycles. The predicted octanol–water partition coefficient (Wildman–Crippen LogP) is 1.53. The third-order valence-electron chi connectivity index (χ3n) is 2.00. The monoisotopic (exact) mass is 255 g/mol. The van der Waals surface area contributed by atoms with Crippen LogP contribution in [0.1, 0.15) is 38.4 Å². The molecular weight excluding hydrogens is 240 g/mol. The quantitative estimate of drug-likeness (QED) is 0.432. The summed E-state index contributed by atoms with van der Waals surface area (Å²) >= 11 is 1.000. The molecule has 0 spiro atoms. The zero-order valence-electron chi connectivity index (χ0n) is 9.68. The van der Waals surface area contributed by atoms with Crippen LogP contribution in [0.5, 0.6) is 0 Å². The van der Waals surface area contributed by atoms with Gasteiger partial charge < -0.3 is 10.6 Å². The van der Waals surface area contributed by atoms with E-state index in [1.54, 1.807) is 6.29 Å². The minimum Gasteiger partial charge on any atom is -0.395 e. The molecule has 17 heavy (non-hydrogen) atoms. The van der Waals surface area contributed by atoms with E-state index in [0.29, 0.717) is 6.61 Å². The van der Waals surface area contributed by atoms with Crippen molar-refractivity contribution < 1.29 is 9.63 Å². The average Bonchev–Trinajstić information content (AvgIpc) is 2.75. The number of rotatable bonds is 8. The first-order chi connectivity index (χ1) is 8.27. The fourth-order valence-corrected chi connectivity index (χ4v) is 1.57. The number of anilines is 1. The molecule has 1 aromatic rings. The number of carbonyl (C=O) groups excluding carboxylic acids is 1. The van der Waals surface area contributed by atoms with Crippen LogP contribution in [0.2, 0.25) is 0 Å². The van der Waals surface area contributed by atoms with Gasteiger partial charge in [0.15, 0.2) is 10.8 Å². The molecule has 93 valence electrons. The Hall–Kier alpha value is -1.50. The van der Waals surface area contributed by atoms with Crippen LogP contribution in [0.4, 0.5) is 5.13 Å². The Labute approximate surface area is 104 Å². The van der Waals surface area contributed by atoms with Crippen molar-refractivity contribution in [3.63, 3.8) is 0 Å². The van der Waals surface area contributed by atoms with Crippen molar-refractivity contribution >= 4 is 28.7 Å². The third-order valence-corrected chi connectivity index (χ3v) is 2.54. The summed E-state index contributed by atoms with van der Waals surface area (Å²) in [6.45, 7) is 2.61. The molecule has 0 atom stereocenters. The molecule has 0 saturated heterocycles. The summed E-state index contributed by atoms with van der Waals surface area (Å²) in [6.07, 6.45) is 5.97. The summed E-state index contributed by atoms with van der Waals surface area (Å²) in [5.74, 6) is 0.163. The fourth-order valence-electron chi connectivity index (χ4n) is 1.14. The molecule has 0 bridgehead atoms. The topological polar surface area (TPSA) is 90.5 Å². The molecular formula is C10H15N4O2S. The van der Waals surface area contributed by atoms with Crippen LogP contribution in [0, 0.1) is 0 Å².